The summed E-state index contributed by atoms with van der Waals surface area (Å²) in [5, 5.41) is 7.04. The van der Waals surface area contributed by atoms with Crippen molar-refractivity contribution in [2.24, 2.45) is 0 Å². The number of halogens is 2. The maximum atomic E-state index is 13.5. The molecule has 4 rings (SSSR count). The first-order chi connectivity index (χ1) is 13.5. The van der Waals surface area contributed by atoms with E-state index in [0.717, 1.165) is 5.56 Å². The maximum absolute atomic E-state index is 13.5. The van der Waals surface area contributed by atoms with Crippen molar-refractivity contribution in [2.75, 3.05) is 5.32 Å². The highest BCUT2D eigenvalue weighted by molar-refractivity contribution is 9.10. The van der Waals surface area contributed by atoms with E-state index in [1.807, 2.05) is 12.1 Å². The molecular formula is C20H14BrFN4O2. The number of aromatic nitrogens is 3. The molecule has 0 aliphatic rings. The van der Waals surface area contributed by atoms with E-state index in [1.165, 1.54) is 21.2 Å². The lowest BCUT2D eigenvalue weighted by Gasteiger charge is -2.08. The van der Waals surface area contributed by atoms with Gasteiger partial charge in [-0.05, 0) is 48.0 Å². The molecule has 0 radical (unpaired) electrons. The molecule has 8 heteroatoms. The number of rotatable bonds is 4. The van der Waals surface area contributed by atoms with E-state index in [-0.39, 0.29) is 17.8 Å². The van der Waals surface area contributed by atoms with Gasteiger partial charge in [-0.2, -0.15) is 0 Å². The van der Waals surface area contributed by atoms with Crippen LogP contribution >= 0.6 is 15.9 Å². The van der Waals surface area contributed by atoms with Gasteiger partial charge in [-0.1, -0.05) is 34.1 Å². The highest BCUT2D eigenvalue weighted by Gasteiger charge is 2.10. The molecule has 28 heavy (non-hydrogen) atoms. The number of nitrogens with one attached hydrogen (secondary N) is 1. The minimum absolute atomic E-state index is 0.203. The molecule has 0 saturated heterocycles. The fourth-order valence-electron chi connectivity index (χ4n) is 2.88. The van der Waals surface area contributed by atoms with Gasteiger partial charge >= 0.3 is 5.69 Å². The van der Waals surface area contributed by atoms with Gasteiger partial charge in [-0.25, -0.2) is 13.9 Å². The number of nitrogens with zero attached hydrogens (tertiary/aromatic N) is 3. The average molecular weight is 441 g/mol. The number of anilines is 1. The molecule has 0 aliphatic heterocycles. The summed E-state index contributed by atoms with van der Waals surface area (Å²) in [6.45, 7) is 0.260. The van der Waals surface area contributed by atoms with Crippen molar-refractivity contribution in [1.82, 2.24) is 14.2 Å². The Bertz CT molecular complexity index is 1230. The summed E-state index contributed by atoms with van der Waals surface area (Å²) in [7, 11) is 0. The lowest BCUT2D eigenvalue weighted by molar-refractivity contribution is 0.102. The molecule has 0 unspecified atom stereocenters. The lowest BCUT2D eigenvalue weighted by Crippen LogP contribution is -2.21. The summed E-state index contributed by atoms with van der Waals surface area (Å²) in [6, 6.07) is 16.4. The topological polar surface area (TPSA) is 68.4 Å². The Morgan fingerprint density at radius 2 is 1.96 bits per heavy atom. The molecule has 6 nitrogen and oxygen atoms in total. The fourth-order valence-corrected chi connectivity index (χ4v) is 3.34. The standard InChI is InChI=1S/C20H14BrFN4O2/c21-15-9-14(10-16(22)11-15)19(27)23-17-5-3-4-13(8-17)12-26-20(28)25-7-2-1-6-18(25)24-26/h1-11H,12H2,(H,23,27). The van der Waals surface area contributed by atoms with Crippen LogP contribution < -0.4 is 11.0 Å². The Labute approximate surface area is 167 Å². The highest BCUT2D eigenvalue weighted by atomic mass is 79.9. The Morgan fingerprint density at radius 3 is 2.75 bits per heavy atom. The Balaban J connectivity index is 1.56. The first-order valence-corrected chi connectivity index (χ1v) is 9.19. The molecule has 0 fully saturated rings. The summed E-state index contributed by atoms with van der Waals surface area (Å²) < 4.78 is 16.8. The normalized spacial score (nSPS) is 10.9. The zero-order valence-electron chi connectivity index (χ0n) is 14.5. The molecule has 2 aromatic heterocycles. The summed E-state index contributed by atoms with van der Waals surface area (Å²) in [6.07, 6.45) is 1.66. The van der Waals surface area contributed by atoms with Crippen LogP contribution in [0.4, 0.5) is 10.1 Å². The number of carbonyl (C=O) groups excluding carboxylic acids is 1. The van der Waals surface area contributed by atoms with Gasteiger partial charge in [0.25, 0.3) is 5.91 Å². The van der Waals surface area contributed by atoms with Crippen LogP contribution in [0.25, 0.3) is 5.65 Å². The minimum atomic E-state index is -0.500. The third-order valence-electron chi connectivity index (χ3n) is 4.13. The van der Waals surface area contributed by atoms with Gasteiger partial charge in [-0.15, -0.1) is 5.10 Å². The predicted molar refractivity (Wildman–Crippen MR) is 107 cm³/mol. The van der Waals surface area contributed by atoms with Crippen LogP contribution in [0.15, 0.2) is 76.1 Å². The smallest absolute Gasteiger partial charge is 0.322 e. The molecule has 2 aromatic carbocycles. The number of pyridine rings is 1. The predicted octanol–water partition coefficient (Wildman–Crippen LogP) is 3.70. The van der Waals surface area contributed by atoms with Crippen LogP contribution in [-0.2, 0) is 6.54 Å². The van der Waals surface area contributed by atoms with Crippen LogP contribution in [0, 0.1) is 5.82 Å². The lowest BCUT2D eigenvalue weighted by atomic mass is 10.1. The van der Waals surface area contributed by atoms with Gasteiger partial charge in [0.05, 0.1) is 6.54 Å². The molecule has 0 spiro atoms. The Hall–Kier alpha value is -3.26. The third kappa shape index (κ3) is 3.72. The SMILES string of the molecule is O=C(Nc1cccc(Cn2nc3ccccn3c2=O)c1)c1cc(F)cc(Br)c1. The number of hydrogen-bond donors (Lipinski definition) is 1. The zero-order valence-corrected chi connectivity index (χ0v) is 16.1. The van der Waals surface area contributed by atoms with Crippen molar-refractivity contribution < 1.29 is 9.18 Å². The summed E-state index contributed by atoms with van der Waals surface area (Å²) >= 11 is 3.18. The number of amides is 1. The molecule has 0 bridgehead atoms. The van der Waals surface area contributed by atoms with Crippen molar-refractivity contribution in [3.8, 4) is 0 Å². The van der Waals surface area contributed by atoms with E-state index in [0.29, 0.717) is 15.8 Å². The van der Waals surface area contributed by atoms with E-state index in [1.54, 1.807) is 42.6 Å². The number of benzene rings is 2. The molecule has 2 heterocycles. The van der Waals surface area contributed by atoms with Gasteiger partial charge in [0, 0.05) is 21.9 Å². The van der Waals surface area contributed by atoms with Crippen molar-refractivity contribution in [2.45, 2.75) is 6.54 Å². The second kappa shape index (κ2) is 7.40. The Kier molecular flexibility index (Phi) is 4.79. The molecule has 1 amide bonds. The number of carbonyl (C=O) groups is 1. The summed E-state index contributed by atoms with van der Waals surface area (Å²) in [5.41, 5.74) is 1.86. The third-order valence-corrected chi connectivity index (χ3v) is 4.59. The van der Waals surface area contributed by atoms with E-state index < -0.39 is 11.7 Å². The highest BCUT2D eigenvalue weighted by Crippen LogP contribution is 2.17. The quantitative estimate of drug-likeness (QED) is 0.525. The van der Waals surface area contributed by atoms with Crippen molar-refractivity contribution in [3.63, 3.8) is 0 Å². The van der Waals surface area contributed by atoms with E-state index >= 15 is 0 Å². The van der Waals surface area contributed by atoms with Crippen LogP contribution in [0.1, 0.15) is 15.9 Å². The van der Waals surface area contributed by atoms with Gasteiger partial charge < -0.3 is 5.32 Å². The van der Waals surface area contributed by atoms with E-state index in [9.17, 15) is 14.0 Å². The fraction of sp³-hybridized carbons (Fsp3) is 0.0500. The summed E-state index contributed by atoms with van der Waals surface area (Å²) in [4.78, 5) is 24.8. The van der Waals surface area contributed by atoms with Crippen molar-refractivity contribution in [3.05, 3.63) is 98.8 Å². The molecular weight excluding hydrogens is 427 g/mol. The average Bonchev–Trinajstić information content (AvgIpc) is 2.97. The van der Waals surface area contributed by atoms with Crippen LogP contribution in [0.3, 0.4) is 0 Å². The van der Waals surface area contributed by atoms with E-state index in [4.69, 9.17) is 0 Å². The largest absolute Gasteiger partial charge is 0.350 e. The first-order valence-electron chi connectivity index (χ1n) is 8.40. The zero-order chi connectivity index (χ0) is 19.7. The van der Waals surface area contributed by atoms with E-state index in [2.05, 4.69) is 26.3 Å². The van der Waals surface area contributed by atoms with Crippen LogP contribution in [-0.4, -0.2) is 20.1 Å². The van der Waals surface area contributed by atoms with Gasteiger partial charge in [0.15, 0.2) is 5.65 Å². The summed E-state index contributed by atoms with van der Waals surface area (Å²) in [5.74, 6) is -0.929. The number of fused-ring (bicyclic) bond motifs is 1. The van der Waals surface area contributed by atoms with Crippen LogP contribution in [0.2, 0.25) is 0 Å². The maximum Gasteiger partial charge on any atom is 0.350 e. The molecule has 0 saturated carbocycles. The number of hydrogen-bond acceptors (Lipinski definition) is 3. The van der Waals surface area contributed by atoms with Gasteiger partial charge in [0.2, 0.25) is 0 Å². The van der Waals surface area contributed by atoms with Crippen LogP contribution in [0.5, 0.6) is 0 Å². The molecule has 0 aliphatic carbocycles. The van der Waals surface area contributed by atoms with Crippen molar-refractivity contribution in [1.29, 1.82) is 0 Å². The van der Waals surface area contributed by atoms with Crippen molar-refractivity contribution >= 4 is 33.2 Å². The molecule has 4 aromatic rings. The Morgan fingerprint density at radius 1 is 1.11 bits per heavy atom. The monoisotopic (exact) mass is 440 g/mol. The first kappa shape index (κ1) is 18.1. The van der Waals surface area contributed by atoms with Gasteiger partial charge in [0.1, 0.15) is 5.82 Å². The second-order valence-electron chi connectivity index (χ2n) is 6.18. The molecule has 1 N–H and O–H groups in total. The molecule has 140 valence electrons. The van der Waals surface area contributed by atoms with Gasteiger partial charge in [-0.3, -0.25) is 9.20 Å². The molecule has 0 atom stereocenters. The second-order valence-corrected chi connectivity index (χ2v) is 7.10. The minimum Gasteiger partial charge on any atom is -0.322 e.